The van der Waals surface area contributed by atoms with Crippen LogP contribution in [0.2, 0.25) is 0 Å². The van der Waals surface area contributed by atoms with Crippen molar-refractivity contribution in [1.82, 2.24) is 9.55 Å². The van der Waals surface area contributed by atoms with Gasteiger partial charge in [-0.2, -0.15) is 0 Å². The second-order valence-corrected chi connectivity index (χ2v) is 5.99. The van der Waals surface area contributed by atoms with Gasteiger partial charge in [0.2, 0.25) is 0 Å². The molecule has 2 aromatic carbocycles. The normalized spacial score (nSPS) is 10.4. The van der Waals surface area contributed by atoms with E-state index in [-0.39, 0.29) is 17.6 Å². The summed E-state index contributed by atoms with van der Waals surface area (Å²) in [6, 6.07) is 17.3. The lowest BCUT2D eigenvalue weighted by molar-refractivity contribution is 0.0993. The van der Waals surface area contributed by atoms with E-state index in [4.69, 9.17) is 4.42 Å². The van der Waals surface area contributed by atoms with Crippen LogP contribution in [0.3, 0.4) is 0 Å². The topological polar surface area (TPSA) is 89.2 Å². The maximum Gasteiger partial charge on any atom is 0.291 e. The molecule has 2 amide bonds. The molecule has 0 aliphatic heterocycles. The molecule has 0 aliphatic rings. The summed E-state index contributed by atoms with van der Waals surface area (Å²) in [7, 11) is 0. The van der Waals surface area contributed by atoms with Crippen LogP contribution in [0.4, 0.5) is 11.4 Å². The summed E-state index contributed by atoms with van der Waals surface area (Å²) < 4.78 is 6.92. The van der Waals surface area contributed by atoms with Gasteiger partial charge in [0.15, 0.2) is 5.76 Å². The van der Waals surface area contributed by atoms with Gasteiger partial charge < -0.3 is 19.6 Å². The van der Waals surface area contributed by atoms with E-state index in [1.54, 1.807) is 55.0 Å². The third kappa shape index (κ3) is 3.83. The lowest BCUT2D eigenvalue weighted by Gasteiger charge is -2.09. The smallest absolute Gasteiger partial charge is 0.291 e. The summed E-state index contributed by atoms with van der Waals surface area (Å²) in [5, 5.41) is 5.57. The van der Waals surface area contributed by atoms with Crippen molar-refractivity contribution in [1.29, 1.82) is 0 Å². The summed E-state index contributed by atoms with van der Waals surface area (Å²) in [5.74, 6) is -0.460. The monoisotopic (exact) mass is 372 g/mol. The molecule has 0 saturated heterocycles. The van der Waals surface area contributed by atoms with Crippen molar-refractivity contribution in [3.63, 3.8) is 0 Å². The predicted octanol–water partition coefficient (Wildman–Crippen LogP) is 3.97. The number of furan rings is 1. The van der Waals surface area contributed by atoms with E-state index in [0.717, 1.165) is 5.69 Å². The molecule has 0 spiro atoms. The quantitative estimate of drug-likeness (QED) is 0.555. The Hall–Kier alpha value is -4.13. The Morgan fingerprint density at radius 3 is 2.43 bits per heavy atom. The zero-order valence-electron chi connectivity index (χ0n) is 14.7. The third-order valence-electron chi connectivity index (χ3n) is 4.03. The molecule has 7 heteroatoms. The molecule has 0 saturated carbocycles. The number of carbonyl (C=O) groups is 2. The highest BCUT2D eigenvalue weighted by atomic mass is 16.3. The van der Waals surface area contributed by atoms with Crippen molar-refractivity contribution in [2.75, 3.05) is 10.6 Å². The van der Waals surface area contributed by atoms with E-state index in [2.05, 4.69) is 15.6 Å². The number of hydrogen-bond acceptors (Lipinski definition) is 4. The molecule has 0 aliphatic carbocycles. The first kappa shape index (κ1) is 17.3. The van der Waals surface area contributed by atoms with E-state index in [9.17, 15) is 9.59 Å². The third-order valence-corrected chi connectivity index (χ3v) is 4.03. The number of benzene rings is 2. The summed E-state index contributed by atoms with van der Waals surface area (Å²) in [6.07, 6.45) is 6.63. The Bertz CT molecular complexity index is 1100. The van der Waals surface area contributed by atoms with Crippen LogP contribution in [0.1, 0.15) is 20.9 Å². The molecule has 0 radical (unpaired) electrons. The van der Waals surface area contributed by atoms with Crippen LogP contribution in [-0.2, 0) is 0 Å². The molecule has 0 bridgehead atoms. The molecule has 7 nitrogen and oxygen atoms in total. The molecule has 0 unspecified atom stereocenters. The minimum atomic E-state index is -0.379. The van der Waals surface area contributed by atoms with Gasteiger partial charge >= 0.3 is 0 Å². The summed E-state index contributed by atoms with van der Waals surface area (Å²) in [4.78, 5) is 28.7. The number of anilines is 2. The zero-order chi connectivity index (χ0) is 19.3. The Morgan fingerprint density at radius 1 is 0.893 bits per heavy atom. The Labute approximate surface area is 160 Å². The van der Waals surface area contributed by atoms with Crippen LogP contribution in [-0.4, -0.2) is 21.4 Å². The lowest BCUT2D eigenvalue weighted by Crippen LogP contribution is -2.14. The minimum Gasteiger partial charge on any atom is -0.459 e. The predicted molar refractivity (Wildman–Crippen MR) is 105 cm³/mol. The largest absolute Gasteiger partial charge is 0.459 e. The second kappa shape index (κ2) is 7.63. The van der Waals surface area contributed by atoms with Crippen LogP contribution in [0.5, 0.6) is 0 Å². The number of rotatable bonds is 5. The molecule has 2 N–H and O–H groups in total. The number of carbonyl (C=O) groups excluding carboxylic acids is 2. The molecule has 0 fully saturated rings. The van der Waals surface area contributed by atoms with Gasteiger partial charge in [0.25, 0.3) is 11.8 Å². The molecular weight excluding hydrogens is 356 g/mol. The van der Waals surface area contributed by atoms with E-state index < -0.39 is 0 Å². The van der Waals surface area contributed by atoms with Crippen LogP contribution >= 0.6 is 0 Å². The summed E-state index contributed by atoms with van der Waals surface area (Å²) >= 11 is 0. The van der Waals surface area contributed by atoms with Crippen LogP contribution in [0, 0.1) is 0 Å². The van der Waals surface area contributed by atoms with Gasteiger partial charge in [-0.15, -0.1) is 0 Å². The van der Waals surface area contributed by atoms with Crippen molar-refractivity contribution in [2.24, 2.45) is 0 Å². The number of nitrogens with one attached hydrogen (secondary N) is 2. The van der Waals surface area contributed by atoms with Crippen LogP contribution in [0.15, 0.2) is 90.1 Å². The molecule has 4 aromatic rings. The number of hydrogen-bond donors (Lipinski definition) is 2. The van der Waals surface area contributed by atoms with E-state index >= 15 is 0 Å². The highest BCUT2D eigenvalue weighted by molar-refractivity contribution is 6.06. The standard InChI is InChI=1S/C21H16N4O3/c26-20(23-17-6-2-7-18(13-17)25-10-9-22-14-25)15-4-1-5-16(12-15)24-21(27)19-8-3-11-28-19/h1-14H,(H,23,26)(H,24,27). The maximum absolute atomic E-state index is 12.6. The Morgan fingerprint density at radius 2 is 1.68 bits per heavy atom. The SMILES string of the molecule is O=C(Nc1cccc(-n2ccnc2)c1)c1cccc(NC(=O)c2ccco2)c1. The summed E-state index contributed by atoms with van der Waals surface area (Å²) in [5.41, 5.74) is 2.46. The first-order valence-electron chi connectivity index (χ1n) is 8.54. The Balaban J connectivity index is 1.48. The van der Waals surface area contributed by atoms with Crippen molar-refractivity contribution in [3.05, 3.63) is 97.0 Å². The molecule has 2 aromatic heterocycles. The number of imidazole rings is 1. The lowest BCUT2D eigenvalue weighted by atomic mass is 10.1. The molecule has 2 heterocycles. The highest BCUT2D eigenvalue weighted by Gasteiger charge is 2.11. The summed E-state index contributed by atoms with van der Waals surface area (Å²) in [6.45, 7) is 0. The highest BCUT2D eigenvalue weighted by Crippen LogP contribution is 2.17. The zero-order valence-corrected chi connectivity index (χ0v) is 14.7. The molecule has 4 rings (SSSR count). The van der Waals surface area contributed by atoms with E-state index in [1.165, 1.54) is 6.26 Å². The van der Waals surface area contributed by atoms with Gasteiger partial charge in [-0.25, -0.2) is 4.98 Å². The second-order valence-electron chi connectivity index (χ2n) is 5.99. The number of amides is 2. The van der Waals surface area contributed by atoms with Crippen LogP contribution in [0.25, 0.3) is 5.69 Å². The minimum absolute atomic E-state index is 0.200. The molecular formula is C21H16N4O3. The molecule has 138 valence electrons. The van der Waals surface area contributed by atoms with Gasteiger partial charge in [-0.3, -0.25) is 9.59 Å². The fraction of sp³-hybridized carbons (Fsp3) is 0. The van der Waals surface area contributed by atoms with Gasteiger partial charge in [-0.1, -0.05) is 12.1 Å². The molecule has 28 heavy (non-hydrogen) atoms. The first-order chi connectivity index (χ1) is 13.7. The maximum atomic E-state index is 12.6. The molecule has 0 atom stereocenters. The number of nitrogens with zero attached hydrogens (tertiary/aromatic N) is 2. The van der Waals surface area contributed by atoms with Crippen molar-refractivity contribution >= 4 is 23.2 Å². The number of aromatic nitrogens is 2. The van der Waals surface area contributed by atoms with E-state index in [0.29, 0.717) is 16.9 Å². The average molecular weight is 372 g/mol. The van der Waals surface area contributed by atoms with Crippen molar-refractivity contribution in [2.45, 2.75) is 0 Å². The fourth-order valence-corrected chi connectivity index (χ4v) is 2.70. The average Bonchev–Trinajstić information content (AvgIpc) is 3.42. The van der Waals surface area contributed by atoms with Gasteiger partial charge in [-0.05, 0) is 48.5 Å². The van der Waals surface area contributed by atoms with E-state index in [1.807, 2.05) is 29.0 Å². The van der Waals surface area contributed by atoms with Gasteiger partial charge in [0.1, 0.15) is 0 Å². The Kier molecular flexibility index (Phi) is 4.71. The fourth-order valence-electron chi connectivity index (χ4n) is 2.70. The van der Waals surface area contributed by atoms with Crippen molar-refractivity contribution < 1.29 is 14.0 Å². The first-order valence-corrected chi connectivity index (χ1v) is 8.54. The van der Waals surface area contributed by atoms with Gasteiger partial charge in [0.05, 0.1) is 12.6 Å². The van der Waals surface area contributed by atoms with Gasteiger partial charge in [0, 0.05) is 35.0 Å². The van der Waals surface area contributed by atoms with Crippen molar-refractivity contribution in [3.8, 4) is 5.69 Å². The van der Waals surface area contributed by atoms with Crippen LogP contribution < -0.4 is 10.6 Å².